The molecule has 0 amide bonds. The van der Waals surface area contributed by atoms with E-state index in [1.165, 1.54) is 7.11 Å². The van der Waals surface area contributed by atoms with Crippen LogP contribution in [0.15, 0.2) is 47.6 Å². The molecule has 0 unspecified atom stereocenters. The van der Waals surface area contributed by atoms with E-state index in [-0.39, 0.29) is 17.6 Å². The molecule has 1 aromatic carbocycles. The fraction of sp³-hybridized carbons (Fsp3) is 0.350. The lowest BCUT2D eigenvalue weighted by Gasteiger charge is -2.12. The first-order valence-electron chi connectivity index (χ1n) is 9.59. The maximum atomic E-state index is 12.9. The third-order valence-corrected chi connectivity index (χ3v) is 7.61. The highest BCUT2D eigenvalue weighted by Gasteiger charge is 2.33. The predicted octanol–water partition coefficient (Wildman–Crippen LogP) is 2.97. The number of ether oxygens (including phenoxy) is 1. The van der Waals surface area contributed by atoms with E-state index < -0.39 is 9.84 Å². The molecule has 1 N–H and O–H groups in total. The van der Waals surface area contributed by atoms with Gasteiger partial charge in [0, 0.05) is 12.1 Å². The van der Waals surface area contributed by atoms with Crippen LogP contribution in [0.3, 0.4) is 0 Å². The SMILES string of the molecule is COc1cccc(S(=O)(=O)C[C@H]2CC[C@@H](c3nnc4cnc5[nH]ccc5n34)C2)c1. The molecular formula is C20H21N5O3S. The van der Waals surface area contributed by atoms with Crippen LogP contribution in [0.25, 0.3) is 16.8 Å². The summed E-state index contributed by atoms with van der Waals surface area (Å²) in [5, 5.41) is 8.68. The van der Waals surface area contributed by atoms with Crippen LogP contribution in [0.2, 0.25) is 0 Å². The highest BCUT2D eigenvalue weighted by Crippen LogP contribution is 2.39. The summed E-state index contributed by atoms with van der Waals surface area (Å²) in [5.74, 6) is 1.83. The van der Waals surface area contributed by atoms with Crippen molar-refractivity contribution in [3.8, 4) is 5.75 Å². The van der Waals surface area contributed by atoms with E-state index in [0.717, 1.165) is 36.3 Å². The lowest BCUT2D eigenvalue weighted by atomic mass is 10.1. The van der Waals surface area contributed by atoms with Crippen LogP contribution in [0.5, 0.6) is 5.75 Å². The molecule has 5 rings (SSSR count). The first kappa shape index (κ1) is 18.1. The fourth-order valence-corrected chi connectivity index (χ4v) is 6.02. The average molecular weight is 411 g/mol. The first-order valence-corrected chi connectivity index (χ1v) is 11.2. The second kappa shape index (κ2) is 6.84. The number of H-pyrrole nitrogens is 1. The Morgan fingerprint density at radius 2 is 2.14 bits per heavy atom. The second-order valence-electron chi connectivity index (χ2n) is 7.56. The molecule has 1 aliphatic carbocycles. The lowest BCUT2D eigenvalue weighted by Crippen LogP contribution is -2.14. The Morgan fingerprint density at radius 3 is 3.00 bits per heavy atom. The van der Waals surface area contributed by atoms with Crippen molar-refractivity contribution < 1.29 is 13.2 Å². The quantitative estimate of drug-likeness (QED) is 0.542. The fourth-order valence-electron chi connectivity index (χ4n) is 4.32. The van der Waals surface area contributed by atoms with Gasteiger partial charge in [0.05, 0.1) is 29.5 Å². The Balaban J connectivity index is 1.39. The molecule has 0 saturated heterocycles. The summed E-state index contributed by atoms with van der Waals surface area (Å²) in [6.07, 6.45) is 6.07. The molecule has 150 valence electrons. The number of nitrogens with one attached hydrogen (secondary N) is 1. The maximum absolute atomic E-state index is 12.9. The van der Waals surface area contributed by atoms with Gasteiger partial charge < -0.3 is 9.72 Å². The summed E-state index contributed by atoms with van der Waals surface area (Å²) in [5.41, 5.74) is 2.43. The van der Waals surface area contributed by atoms with E-state index in [4.69, 9.17) is 4.74 Å². The minimum Gasteiger partial charge on any atom is -0.497 e. The summed E-state index contributed by atoms with van der Waals surface area (Å²) in [6.45, 7) is 0. The van der Waals surface area contributed by atoms with Gasteiger partial charge in [0.1, 0.15) is 11.6 Å². The number of rotatable bonds is 5. The van der Waals surface area contributed by atoms with Crippen molar-refractivity contribution in [2.75, 3.05) is 12.9 Å². The van der Waals surface area contributed by atoms with E-state index in [2.05, 4.69) is 20.2 Å². The first-order chi connectivity index (χ1) is 14.0. The van der Waals surface area contributed by atoms with E-state index in [9.17, 15) is 8.42 Å². The number of sulfone groups is 1. The Hall–Kier alpha value is -2.94. The molecule has 0 spiro atoms. The Labute approximate surface area is 167 Å². The number of fused-ring (bicyclic) bond motifs is 3. The average Bonchev–Trinajstić information content (AvgIpc) is 3.45. The van der Waals surface area contributed by atoms with Crippen LogP contribution in [0.1, 0.15) is 31.0 Å². The molecule has 8 nitrogen and oxygen atoms in total. The standard InChI is InChI=1S/C20H21N5O3S/c1-28-15-3-2-4-16(10-15)29(26,27)12-13-5-6-14(9-13)20-24-23-18-11-22-19-17(25(18)20)7-8-21-19/h2-4,7-8,10-11,13-14,21H,5-6,9,12H2,1H3/t13-,14+/m0/s1. The van der Waals surface area contributed by atoms with Crippen LogP contribution in [-0.4, -0.2) is 45.8 Å². The van der Waals surface area contributed by atoms with Crippen LogP contribution in [-0.2, 0) is 9.84 Å². The zero-order valence-electron chi connectivity index (χ0n) is 15.9. The van der Waals surface area contributed by atoms with E-state index >= 15 is 0 Å². The van der Waals surface area contributed by atoms with Gasteiger partial charge in [-0.05, 0) is 49.4 Å². The summed E-state index contributed by atoms with van der Waals surface area (Å²) in [6, 6.07) is 8.64. The Morgan fingerprint density at radius 1 is 1.24 bits per heavy atom. The van der Waals surface area contributed by atoms with Gasteiger partial charge in [0.15, 0.2) is 21.1 Å². The molecule has 9 heteroatoms. The van der Waals surface area contributed by atoms with Crippen molar-refractivity contribution in [3.05, 3.63) is 48.5 Å². The number of benzene rings is 1. The van der Waals surface area contributed by atoms with Crippen molar-refractivity contribution >= 4 is 26.6 Å². The topological polar surface area (TPSA) is 102 Å². The molecule has 29 heavy (non-hydrogen) atoms. The van der Waals surface area contributed by atoms with Gasteiger partial charge >= 0.3 is 0 Å². The van der Waals surface area contributed by atoms with Gasteiger partial charge in [0.2, 0.25) is 0 Å². The van der Waals surface area contributed by atoms with Crippen molar-refractivity contribution in [1.82, 2.24) is 24.6 Å². The summed E-state index contributed by atoms with van der Waals surface area (Å²) in [7, 11) is -1.84. The van der Waals surface area contributed by atoms with Crippen molar-refractivity contribution in [2.24, 2.45) is 5.92 Å². The third kappa shape index (κ3) is 3.15. The minimum absolute atomic E-state index is 0.0899. The van der Waals surface area contributed by atoms with Crippen molar-refractivity contribution in [1.29, 1.82) is 0 Å². The molecule has 1 aliphatic rings. The highest BCUT2D eigenvalue weighted by molar-refractivity contribution is 7.91. The van der Waals surface area contributed by atoms with Gasteiger partial charge in [-0.15, -0.1) is 10.2 Å². The van der Waals surface area contributed by atoms with Crippen molar-refractivity contribution in [2.45, 2.75) is 30.1 Å². The summed E-state index contributed by atoms with van der Waals surface area (Å²) in [4.78, 5) is 7.77. The smallest absolute Gasteiger partial charge is 0.179 e. The number of aromatic nitrogens is 5. The number of aromatic amines is 1. The molecule has 3 heterocycles. The lowest BCUT2D eigenvalue weighted by molar-refractivity contribution is 0.413. The largest absolute Gasteiger partial charge is 0.497 e. The molecule has 4 aromatic rings. The van der Waals surface area contributed by atoms with Crippen LogP contribution in [0, 0.1) is 5.92 Å². The van der Waals surface area contributed by atoms with Crippen LogP contribution >= 0.6 is 0 Å². The molecule has 0 radical (unpaired) electrons. The van der Waals surface area contributed by atoms with E-state index in [0.29, 0.717) is 16.3 Å². The van der Waals surface area contributed by atoms with Gasteiger partial charge in [0.25, 0.3) is 0 Å². The van der Waals surface area contributed by atoms with E-state index in [1.807, 2.05) is 16.7 Å². The normalized spacial score (nSPS) is 19.9. The van der Waals surface area contributed by atoms with Crippen LogP contribution in [0.4, 0.5) is 0 Å². The summed E-state index contributed by atoms with van der Waals surface area (Å²) < 4.78 is 33.0. The predicted molar refractivity (Wildman–Crippen MR) is 108 cm³/mol. The van der Waals surface area contributed by atoms with Gasteiger partial charge in [-0.25, -0.2) is 13.4 Å². The van der Waals surface area contributed by atoms with Gasteiger partial charge in [-0.1, -0.05) is 6.07 Å². The van der Waals surface area contributed by atoms with Crippen LogP contribution < -0.4 is 4.74 Å². The maximum Gasteiger partial charge on any atom is 0.179 e. The van der Waals surface area contributed by atoms with E-state index in [1.54, 1.807) is 30.5 Å². The zero-order chi connectivity index (χ0) is 20.0. The monoisotopic (exact) mass is 411 g/mol. The molecule has 1 saturated carbocycles. The molecule has 3 aromatic heterocycles. The minimum atomic E-state index is -3.37. The molecule has 0 bridgehead atoms. The number of hydrogen-bond donors (Lipinski definition) is 1. The molecule has 0 aliphatic heterocycles. The number of methoxy groups -OCH3 is 1. The molecular weight excluding hydrogens is 390 g/mol. The highest BCUT2D eigenvalue weighted by atomic mass is 32.2. The van der Waals surface area contributed by atoms with Gasteiger partial charge in [-0.3, -0.25) is 4.40 Å². The zero-order valence-corrected chi connectivity index (χ0v) is 16.8. The molecule has 2 atom stereocenters. The Kier molecular flexibility index (Phi) is 4.27. The summed E-state index contributed by atoms with van der Waals surface area (Å²) >= 11 is 0. The molecule has 1 fully saturated rings. The third-order valence-electron chi connectivity index (χ3n) is 5.73. The Bertz CT molecular complexity index is 1290. The van der Waals surface area contributed by atoms with Gasteiger partial charge in [-0.2, -0.15) is 0 Å². The second-order valence-corrected chi connectivity index (χ2v) is 9.59. The number of hydrogen-bond acceptors (Lipinski definition) is 6. The van der Waals surface area contributed by atoms with Crippen molar-refractivity contribution in [3.63, 3.8) is 0 Å². The number of nitrogens with zero attached hydrogens (tertiary/aromatic N) is 4.